The summed E-state index contributed by atoms with van der Waals surface area (Å²) in [5.41, 5.74) is 0.909. The van der Waals surface area contributed by atoms with Gasteiger partial charge in [-0.3, -0.25) is 4.79 Å². The Labute approximate surface area is 82.9 Å². The number of aliphatic hydroxyl groups excluding tert-OH is 1. The van der Waals surface area contributed by atoms with Crippen LogP contribution in [-0.4, -0.2) is 30.7 Å². The van der Waals surface area contributed by atoms with Crippen LogP contribution in [0.2, 0.25) is 0 Å². The number of aliphatic hydroxyl groups is 1. The number of carbonyl (C=O) groups excluding carboxylic acids is 1. The maximum absolute atomic E-state index is 11.1. The van der Waals surface area contributed by atoms with Gasteiger partial charge in [0.15, 0.2) is 0 Å². The number of hydrogen-bond donors (Lipinski definition) is 3. The van der Waals surface area contributed by atoms with Crippen molar-refractivity contribution < 1.29 is 9.90 Å². The lowest BCUT2D eigenvalue weighted by Gasteiger charge is -2.05. The second-order valence-electron chi connectivity index (χ2n) is 2.79. The van der Waals surface area contributed by atoms with Gasteiger partial charge in [0.1, 0.15) is 0 Å². The van der Waals surface area contributed by atoms with Crippen LogP contribution in [-0.2, 0) is 4.79 Å². The number of benzene rings is 1. The van der Waals surface area contributed by atoms with Crippen molar-refractivity contribution in [2.24, 2.45) is 0 Å². The third kappa shape index (κ3) is 3.91. The first kappa shape index (κ1) is 10.5. The Morgan fingerprint density at radius 1 is 1.29 bits per heavy atom. The van der Waals surface area contributed by atoms with Crippen molar-refractivity contribution in [3.05, 3.63) is 30.3 Å². The predicted molar refractivity (Wildman–Crippen MR) is 55.0 cm³/mol. The minimum Gasteiger partial charge on any atom is -0.395 e. The third-order valence-corrected chi connectivity index (χ3v) is 1.66. The van der Waals surface area contributed by atoms with Crippen molar-refractivity contribution in [1.29, 1.82) is 0 Å². The largest absolute Gasteiger partial charge is 0.395 e. The van der Waals surface area contributed by atoms with Gasteiger partial charge in [-0.1, -0.05) is 18.2 Å². The lowest BCUT2D eigenvalue weighted by atomic mass is 10.3. The zero-order chi connectivity index (χ0) is 10.2. The molecule has 0 fully saturated rings. The molecule has 0 aromatic heterocycles. The van der Waals surface area contributed by atoms with E-state index in [1.165, 1.54) is 0 Å². The molecule has 1 aromatic carbocycles. The van der Waals surface area contributed by atoms with Gasteiger partial charge in [0, 0.05) is 12.2 Å². The van der Waals surface area contributed by atoms with Crippen LogP contribution in [0.15, 0.2) is 30.3 Å². The van der Waals surface area contributed by atoms with Crippen LogP contribution in [0.4, 0.5) is 5.69 Å². The molecular weight excluding hydrogens is 180 g/mol. The lowest BCUT2D eigenvalue weighted by molar-refractivity contribution is -0.119. The predicted octanol–water partition coefficient (Wildman–Crippen LogP) is 0.207. The van der Waals surface area contributed by atoms with Gasteiger partial charge in [0.2, 0.25) is 5.91 Å². The van der Waals surface area contributed by atoms with Crippen LogP contribution >= 0.6 is 0 Å². The molecule has 0 saturated carbocycles. The summed E-state index contributed by atoms with van der Waals surface area (Å²) in [7, 11) is 0. The number of nitrogens with one attached hydrogen (secondary N) is 2. The molecule has 0 aliphatic carbocycles. The molecule has 0 heterocycles. The zero-order valence-electron chi connectivity index (χ0n) is 7.86. The molecule has 0 radical (unpaired) electrons. The van der Waals surface area contributed by atoms with Crippen LogP contribution in [0.3, 0.4) is 0 Å². The van der Waals surface area contributed by atoms with Crippen LogP contribution in [0.25, 0.3) is 0 Å². The van der Waals surface area contributed by atoms with Gasteiger partial charge < -0.3 is 15.7 Å². The summed E-state index contributed by atoms with van der Waals surface area (Å²) >= 11 is 0. The Balaban J connectivity index is 2.24. The Kier molecular flexibility index (Phi) is 4.50. The maximum Gasteiger partial charge on any atom is 0.239 e. The molecular formula is C10H14N2O2. The Bertz CT molecular complexity index is 275. The second-order valence-corrected chi connectivity index (χ2v) is 2.79. The Hall–Kier alpha value is -1.55. The smallest absolute Gasteiger partial charge is 0.239 e. The van der Waals surface area contributed by atoms with E-state index in [0.717, 1.165) is 5.69 Å². The molecule has 0 saturated heterocycles. The molecule has 1 rings (SSSR count). The van der Waals surface area contributed by atoms with E-state index in [2.05, 4.69) is 10.6 Å². The molecule has 1 amide bonds. The van der Waals surface area contributed by atoms with E-state index in [4.69, 9.17) is 5.11 Å². The van der Waals surface area contributed by atoms with Crippen molar-refractivity contribution in [3.8, 4) is 0 Å². The molecule has 0 aliphatic rings. The molecule has 76 valence electrons. The summed E-state index contributed by atoms with van der Waals surface area (Å²) in [4.78, 5) is 11.1. The Morgan fingerprint density at radius 3 is 2.64 bits per heavy atom. The fourth-order valence-electron chi connectivity index (χ4n) is 0.996. The topological polar surface area (TPSA) is 61.4 Å². The molecule has 4 heteroatoms. The number of rotatable bonds is 5. The van der Waals surface area contributed by atoms with Crippen molar-refractivity contribution >= 4 is 11.6 Å². The van der Waals surface area contributed by atoms with Gasteiger partial charge in [0.05, 0.1) is 13.2 Å². The summed E-state index contributed by atoms with van der Waals surface area (Å²) in [5, 5.41) is 14.0. The van der Waals surface area contributed by atoms with Crippen LogP contribution in [0, 0.1) is 0 Å². The summed E-state index contributed by atoms with van der Waals surface area (Å²) in [5.74, 6) is -0.122. The number of anilines is 1. The molecule has 4 nitrogen and oxygen atoms in total. The average molecular weight is 194 g/mol. The highest BCUT2D eigenvalue weighted by Gasteiger charge is 1.98. The van der Waals surface area contributed by atoms with Crippen molar-refractivity contribution in [3.63, 3.8) is 0 Å². The van der Waals surface area contributed by atoms with Crippen LogP contribution < -0.4 is 10.6 Å². The van der Waals surface area contributed by atoms with E-state index in [-0.39, 0.29) is 19.1 Å². The SMILES string of the molecule is O=C(CNc1ccccc1)NCCO. The minimum absolute atomic E-state index is 0.0307. The van der Waals surface area contributed by atoms with Crippen LogP contribution in [0.5, 0.6) is 0 Å². The van der Waals surface area contributed by atoms with Gasteiger partial charge in [-0.05, 0) is 12.1 Å². The van der Waals surface area contributed by atoms with Gasteiger partial charge in [0.25, 0.3) is 0 Å². The van der Waals surface area contributed by atoms with E-state index in [0.29, 0.717) is 6.54 Å². The van der Waals surface area contributed by atoms with E-state index in [9.17, 15) is 4.79 Å². The molecule has 3 N–H and O–H groups in total. The van der Waals surface area contributed by atoms with Crippen molar-refractivity contribution in [1.82, 2.24) is 5.32 Å². The number of hydrogen-bond acceptors (Lipinski definition) is 3. The highest BCUT2D eigenvalue weighted by atomic mass is 16.3. The second kappa shape index (κ2) is 5.99. The first-order chi connectivity index (χ1) is 6.83. The van der Waals surface area contributed by atoms with E-state index < -0.39 is 0 Å². The standard InChI is InChI=1S/C10H14N2O2/c13-7-6-11-10(14)8-12-9-4-2-1-3-5-9/h1-5,12-13H,6-8H2,(H,11,14). The first-order valence-corrected chi connectivity index (χ1v) is 4.49. The molecule has 1 aromatic rings. The van der Waals surface area contributed by atoms with Crippen LogP contribution in [0.1, 0.15) is 0 Å². The van der Waals surface area contributed by atoms with E-state index in [1.54, 1.807) is 0 Å². The Morgan fingerprint density at radius 2 is 2.00 bits per heavy atom. The fourth-order valence-corrected chi connectivity index (χ4v) is 0.996. The minimum atomic E-state index is -0.122. The third-order valence-electron chi connectivity index (χ3n) is 1.66. The molecule has 0 spiro atoms. The van der Waals surface area contributed by atoms with Gasteiger partial charge in [-0.15, -0.1) is 0 Å². The fraction of sp³-hybridized carbons (Fsp3) is 0.300. The van der Waals surface area contributed by atoms with Gasteiger partial charge >= 0.3 is 0 Å². The highest BCUT2D eigenvalue weighted by molar-refractivity contribution is 5.80. The maximum atomic E-state index is 11.1. The molecule has 14 heavy (non-hydrogen) atoms. The van der Waals surface area contributed by atoms with E-state index >= 15 is 0 Å². The normalized spacial score (nSPS) is 9.50. The molecule has 0 bridgehead atoms. The molecule has 0 unspecified atom stereocenters. The number of para-hydroxylation sites is 1. The number of carbonyl (C=O) groups is 1. The zero-order valence-corrected chi connectivity index (χ0v) is 7.86. The quantitative estimate of drug-likeness (QED) is 0.628. The molecule has 0 atom stereocenters. The van der Waals surface area contributed by atoms with E-state index in [1.807, 2.05) is 30.3 Å². The number of amides is 1. The lowest BCUT2D eigenvalue weighted by Crippen LogP contribution is -2.31. The summed E-state index contributed by atoms with van der Waals surface area (Å²) in [6.45, 7) is 0.496. The van der Waals surface area contributed by atoms with Gasteiger partial charge in [-0.25, -0.2) is 0 Å². The van der Waals surface area contributed by atoms with Gasteiger partial charge in [-0.2, -0.15) is 0 Å². The summed E-state index contributed by atoms with van der Waals surface area (Å²) in [6, 6.07) is 9.48. The van der Waals surface area contributed by atoms with Crippen molar-refractivity contribution in [2.75, 3.05) is 25.0 Å². The summed E-state index contributed by atoms with van der Waals surface area (Å²) < 4.78 is 0. The highest BCUT2D eigenvalue weighted by Crippen LogP contribution is 2.03. The van der Waals surface area contributed by atoms with Crippen molar-refractivity contribution in [2.45, 2.75) is 0 Å². The molecule has 0 aliphatic heterocycles. The monoisotopic (exact) mass is 194 g/mol. The average Bonchev–Trinajstić information content (AvgIpc) is 2.25. The summed E-state index contributed by atoms with van der Waals surface area (Å²) in [6.07, 6.45) is 0. The first-order valence-electron chi connectivity index (χ1n) is 4.49.